The van der Waals surface area contributed by atoms with Crippen LogP contribution in [0.15, 0.2) is 6.20 Å². The largest absolute Gasteiger partial charge is 0.396 e. The molecule has 1 rings (SSSR count). The van der Waals surface area contributed by atoms with Crippen molar-refractivity contribution < 1.29 is 0 Å². The third kappa shape index (κ3) is 1.44. The number of hydrogen-bond acceptors (Lipinski definition) is 2. The molecule has 0 spiro atoms. The average Bonchev–Trinajstić information content (AvgIpc) is 2.31. The van der Waals surface area contributed by atoms with Crippen LogP contribution in [0, 0.1) is 0 Å². The first-order valence-electron chi connectivity index (χ1n) is 4.27. The lowest BCUT2D eigenvalue weighted by molar-refractivity contribution is 0.483. The number of hydrogen-bond donors (Lipinski definition) is 1. The fourth-order valence-electron chi connectivity index (χ4n) is 1.20. The van der Waals surface area contributed by atoms with E-state index in [0.717, 1.165) is 17.8 Å². The third-order valence-corrected chi connectivity index (χ3v) is 2.38. The van der Waals surface area contributed by atoms with Crippen LogP contribution < -0.4 is 5.73 Å². The van der Waals surface area contributed by atoms with E-state index in [1.807, 2.05) is 13.2 Å². The van der Waals surface area contributed by atoms with Gasteiger partial charge in [0.25, 0.3) is 0 Å². The van der Waals surface area contributed by atoms with E-state index in [2.05, 4.69) is 25.9 Å². The molecule has 12 heavy (non-hydrogen) atoms. The molecule has 0 saturated heterocycles. The van der Waals surface area contributed by atoms with Crippen LogP contribution in [0.5, 0.6) is 0 Å². The summed E-state index contributed by atoms with van der Waals surface area (Å²) >= 11 is 0. The lowest BCUT2D eigenvalue weighted by atomic mass is 9.86. The quantitative estimate of drug-likeness (QED) is 0.728. The van der Waals surface area contributed by atoms with Gasteiger partial charge in [0.05, 0.1) is 11.4 Å². The molecular formula is C9H17N3. The van der Waals surface area contributed by atoms with E-state index in [-0.39, 0.29) is 5.41 Å². The topological polar surface area (TPSA) is 43.8 Å². The SMILES string of the molecule is CCC(C)(C)c1nn(C)cc1N. The highest BCUT2D eigenvalue weighted by molar-refractivity contribution is 5.44. The van der Waals surface area contributed by atoms with Crippen molar-refractivity contribution in [1.29, 1.82) is 0 Å². The highest BCUT2D eigenvalue weighted by Gasteiger charge is 2.23. The molecule has 1 aromatic rings. The van der Waals surface area contributed by atoms with Gasteiger partial charge in [-0.15, -0.1) is 0 Å². The Morgan fingerprint density at radius 3 is 2.50 bits per heavy atom. The van der Waals surface area contributed by atoms with Crippen LogP contribution in [0.25, 0.3) is 0 Å². The van der Waals surface area contributed by atoms with Crippen molar-refractivity contribution in [3.05, 3.63) is 11.9 Å². The van der Waals surface area contributed by atoms with Gasteiger partial charge in [-0.3, -0.25) is 4.68 Å². The van der Waals surface area contributed by atoms with E-state index in [4.69, 9.17) is 5.73 Å². The number of nitrogens with zero attached hydrogens (tertiary/aromatic N) is 2. The Balaban J connectivity index is 3.09. The van der Waals surface area contributed by atoms with Crippen LogP contribution in [-0.4, -0.2) is 9.78 Å². The van der Waals surface area contributed by atoms with Crippen molar-refractivity contribution in [1.82, 2.24) is 9.78 Å². The summed E-state index contributed by atoms with van der Waals surface area (Å²) in [7, 11) is 1.89. The van der Waals surface area contributed by atoms with Gasteiger partial charge in [-0.05, 0) is 6.42 Å². The van der Waals surface area contributed by atoms with Gasteiger partial charge in [-0.25, -0.2) is 0 Å². The molecule has 0 aromatic carbocycles. The predicted octanol–water partition coefficient (Wildman–Crippen LogP) is 1.69. The zero-order valence-corrected chi connectivity index (χ0v) is 8.26. The molecule has 0 fully saturated rings. The molecular weight excluding hydrogens is 150 g/mol. The van der Waals surface area contributed by atoms with Crippen LogP contribution in [0.1, 0.15) is 32.9 Å². The summed E-state index contributed by atoms with van der Waals surface area (Å²) in [6.45, 7) is 6.46. The van der Waals surface area contributed by atoms with Crippen molar-refractivity contribution >= 4 is 5.69 Å². The molecule has 1 heterocycles. The van der Waals surface area contributed by atoms with Gasteiger partial charge in [0.1, 0.15) is 0 Å². The molecule has 1 aromatic heterocycles. The lowest BCUT2D eigenvalue weighted by Crippen LogP contribution is -2.18. The Hall–Kier alpha value is -0.990. The molecule has 3 heteroatoms. The van der Waals surface area contributed by atoms with Gasteiger partial charge in [0.15, 0.2) is 0 Å². The molecule has 68 valence electrons. The van der Waals surface area contributed by atoms with Crippen LogP contribution >= 0.6 is 0 Å². The second-order valence-corrected chi connectivity index (χ2v) is 3.84. The number of anilines is 1. The zero-order chi connectivity index (χ0) is 9.35. The first-order valence-corrected chi connectivity index (χ1v) is 4.27. The maximum atomic E-state index is 5.82. The van der Waals surface area contributed by atoms with E-state index in [1.54, 1.807) is 4.68 Å². The number of nitrogens with two attached hydrogens (primary N) is 1. The van der Waals surface area contributed by atoms with Crippen molar-refractivity contribution in [2.24, 2.45) is 7.05 Å². The maximum Gasteiger partial charge on any atom is 0.0909 e. The standard InChI is InChI=1S/C9H17N3/c1-5-9(2,3)8-7(10)6-12(4)11-8/h6H,5,10H2,1-4H3. The Kier molecular flexibility index (Phi) is 2.13. The minimum Gasteiger partial charge on any atom is -0.396 e. The van der Waals surface area contributed by atoms with Gasteiger partial charge >= 0.3 is 0 Å². The summed E-state index contributed by atoms with van der Waals surface area (Å²) in [6, 6.07) is 0. The van der Waals surface area contributed by atoms with Crippen LogP contribution in [0.4, 0.5) is 5.69 Å². The third-order valence-electron chi connectivity index (χ3n) is 2.38. The molecule has 0 aliphatic carbocycles. The summed E-state index contributed by atoms with van der Waals surface area (Å²) in [5.74, 6) is 0. The lowest BCUT2D eigenvalue weighted by Gasteiger charge is -2.20. The normalized spacial score (nSPS) is 12.0. The molecule has 0 saturated carbocycles. The number of aromatic nitrogens is 2. The average molecular weight is 167 g/mol. The van der Waals surface area contributed by atoms with E-state index in [9.17, 15) is 0 Å². The fourth-order valence-corrected chi connectivity index (χ4v) is 1.20. The molecule has 0 radical (unpaired) electrons. The van der Waals surface area contributed by atoms with Gasteiger partial charge in [0.2, 0.25) is 0 Å². The first-order chi connectivity index (χ1) is 5.47. The van der Waals surface area contributed by atoms with Crippen molar-refractivity contribution in [2.75, 3.05) is 5.73 Å². The highest BCUT2D eigenvalue weighted by atomic mass is 15.3. The summed E-state index contributed by atoms with van der Waals surface area (Å²) in [4.78, 5) is 0. The second kappa shape index (κ2) is 2.81. The minimum atomic E-state index is 0.0886. The van der Waals surface area contributed by atoms with E-state index >= 15 is 0 Å². The molecule has 0 amide bonds. The molecule has 0 atom stereocenters. The zero-order valence-electron chi connectivity index (χ0n) is 8.26. The van der Waals surface area contributed by atoms with Gasteiger partial charge < -0.3 is 5.73 Å². The predicted molar refractivity (Wildman–Crippen MR) is 50.9 cm³/mol. The summed E-state index contributed by atoms with van der Waals surface area (Å²) < 4.78 is 1.77. The van der Waals surface area contributed by atoms with Crippen molar-refractivity contribution in [3.8, 4) is 0 Å². The van der Waals surface area contributed by atoms with Crippen molar-refractivity contribution in [3.63, 3.8) is 0 Å². The van der Waals surface area contributed by atoms with Crippen LogP contribution in [0.2, 0.25) is 0 Å². The van der Waals surface area contributed by atoms with Gasteiger partial charge in [-0.2, -0.15) is 5.10 Å². The number of nitrogen functional groups attached to an aromatic ring is 1. The van der Waals surface area contributed by atoms with E-state index < -0.39 is 0 Å². The van der Waals surface area contributed by atoms with E-state index in [0.29, 0.717) is 0 Å². The van der Waals surface area contributed by atoms with Crippen molar-refractivity contribution in [2.45, 2.75) is 32.6 Å². The number of rotatable bonds is 2. The van der Waals surface area contributed by atoms with Gasteiger partial charge in [-0.1, -0.05) is 20.8 Å². The molecule has 3 nitrogen and oxygen atoms in total. The molecule has 0 unspecified atom stereocenters. The summed E-state index contributed by atoms with van der Waals surface area (Å²) in [5.41, 5.74) is 7.71. The Labute approximate surface area is 73.6 Å². The van der Waals surface area contributed by atoms with Gasteiger partial charge in [0, 0.05) is 18.7 Å². The smallest absolute Gasteiger partial charge is 0.0909 e. The molecule has 2 N–H and O–H groups in total. The maximum absolute atomic E-state index is 5.82. The Bertz CT molecular complexity index is 273. The highest BCUT2D eigenvalue weighted by Crippen LogP contribution is 2.29. The fraction of sp³-hybridized carbons (Fsp3) is 0.667. The summed E-state index contributed by atoms with van der Waals surface area (Å²) in [5, 5.41) is 4.34. The van der Waals surface area contributed by atoms with Crippen LogP contribution in [-0.2, 0) is 12.5 Å². The Morgan fingerprint density at radius 1 is 1.58 bits per heavy atom. The Morgan fingerprint density at radius 2 is 2.17 bits per heavy atom. The summed E-state index contributed by atoms with van der Waals surface area (Å²) in [6.07, 6.45) is 2.90. The molecule has 0 bridgehead atoms. The van der Waals surface area contributed by atoms with Crippen LogP contribution in [0.3, 0.4) is 0 Å². The second-order valence-electron chi connectivity index (χ2n) is 3.84. The monoisotopic (exact) mass is 167 g/mol. The number of aryl methyl sites for hydroxylation is 1. The first kappa shape index (κ1) is 9.10. The molecule has 0 aliphatic rings. The minimum absolute atomic E-state index is 0.0886. The van der Waals surface area contributed by atoms with E-state index in [1.165, 1.54) is 0 Å². The molecule has 0 aliphatic heterocycles.